The molecule has 4 nitrogen and oxygen atoms in total. The average molecular weight is 423 g/mol. The highest BCUT2D eigenvalue weighted by atomic mass is 35.5. The van der Waals surface area contributed by atoms with Crippen molar-refractivity contribution in [3.05, 3.63) is 64.4 Å². The van der Waals surface area contributed by atoms with E-state index in [0.717, 1.165) is 16.5 Å². The van der Waals surface area contributed by atoms with Gasteiger partial charge in [-0.15, -0.1) is 0 Å². The first kappa shape index (κ1) is 19.8. The standard InChI is InChI=1S/C21H18ClF3N2O2/c22-17-6-1-3-13-7-8-21(18(13)17,19(29)26-15-10-20(24,25)11-15)27(12-28)16-5-2-4-14(23)9-16/h1-6,9,12,15H,7-8,10-11H2,(H,26,29)/t21-/m1/s1. The summed E-state index contributed by atoms with van der Waals surface area (Å²) >= 11 is 6.43. The van der Waals surface area contributed by atoms with E-state index in [0.29, 0.717) is 18.4 Å². The van der Waals surface area contributed by atoms with Crippen LogP contribution in [0.25, 0.3) is 0 Å². The van der Waals surface area contributed by atoms with Crippen LogP contribution in [0.3, 0.4) is 0 Å². The molecular weight excluding hydrogens is 405 g/mol. The molecule has 2 aromatic rings. The summed E-state index contributed by atoms with van der Waals surface area (Å²) < 4.78 is 40.4. The largest absolute Gasteiger partial charge is 0.351 e. The van der Waals surface area contributed by atoms with Crippen molar-refractivity contribution in [2.24, 2.45) is 0 Å². The van der Waals surface area contributed by atoms with Gasteiger partial charge in [0.15, 0.2) is 5.54 Å². The maximum atomic E-state index is 13.9. The molecule has 8 heteroatoms. The Hall–Kier alpha value is -2.54. The summed E-state index contributed by atoms with van der Waals surface area (Å²) in [6.07, 6.45) is 0.221. The second kappa shape index (κ2) is 7.06. The Bertz CT molecular complexity index is 976. The van der Waals surface area contributed by atoms with Crippen LogP contribution in [0, 0.1) is 5.82 Å². The number of alkyl halides is 2. The predicted molar refractivity (Wildman–Crippen MR) is 103 cm³/mol. The third kappa shape index (κ3) is 3.27. The zero-order valence-electron chi connectivity index (χ0n) is 15.3. The van der Waals surface area contributed by atoms with Crippen molar-refractivity contribution >= 4 is 29.6 Å². The molecule has 2 aromatic carbocycles. The topological polar surface area (TPSA) is 49.4 Å². The van der Waals surface area contributed by atoms with Crippen LogP contribution in [-0.2, 0) is 21.5 Å². The normalized spacial score (nSPS) is 22.5. The number of halogens is 4. The fraction of sp³-hybridized carbons (Fsp3) is 0.333. The van der Waals surface area contributed by atoms with Gasteiger partial charge in [0.2, 0.25) is 6.41 Å². The van der Waals surface area contributed by atoms with Gasteiger partial charge in [0.05, 0.1) is 0 Å². The molecule has 0 heterocycles. The third-order valence-electron chi connectivity index (χ3n) is 5.67. The molecular formula is C21H18ClF3N2O2. The van der Waals surface area contributed by atoms with Crippen LogP contribution in [0.15, 0.2) is 42.5 Å². The first-order valence-corrected chi connectivity index (χ1v) is 9.61. The van der Waals surface area contributed by atoms with Crippen molar-refractivity contribution in [2.45, 2.75) is 43.2 Å². The molecule has 4 rings (SSSR count). The number of hydrogen-bond donors (Lipinski definition) is 1. The molecule has 2 aliphatic carbocycles. The molecule has 1 N–H and O–H groups in total. The lowest BCUT2D eigenvalue weighted by molar-refractivity contribution is -0.135. The number of anilines is 1. The molecule has 2 amide bonds. The first-order valence-electron chi connectivity index (χ1n) is 9.24. The maximum Gasteiger partial charge on any atom is 0.252 e. The van der Waals surface area contributed by atoms with E-state index in [9.17, 15) is 22.8 Å². The molecule has 0 spiro atoms. The first-order chi connectivity index (χ1) is 13.8. The van der Waals surface area contributed by atoms with Crippen LogP contribution in [-0.4, -0.2) is 24.3 Å². The van der Waals surface area contributed by atoms with E-state index in [4.69, 9.17) is 11.6 Å². The monoisotopic (exact) mass is 422 g/mol. The summed E-state index contributed by atoms with van der Waals surface area (Å²) in [5, 5.41) is 2.94. The fourth-order valence-electron chi connectivity index (χ4n) is 4.32. The average Bonchev–Trinajstić information content (AvgIpc) is 3.03. The number of carbonyl (C=O) groups excluding carboxylic acids is 2. The highest BCUT2D eigenvalue weighted by Gasteiger charge is 2.54. The number of amides is 2. The Balaban J connectivity index is 1.81. The number of nitrogens with zero attached hydrogens (tertiary/aromatic N) is 1. The van der Waals surface area contributed by atoms with Crippen LogP contribution < -0.4 is 10.2 Å². The number of aryl methyl sites for hydroxylation is 1. The molecule has 1 saturated carbocycles. The van der Waals surface area contributed by atoms with Crippen molar-refractivity contribution in [3.63, 3.8) is 0 Å². The molecule has 2 aliphatic rings. The van der Waals surface area contributed by atoms with Gasteiger partial charge in [0, 0.05) is 35.2 Å². The van der Waals surface area contributed by atoms with Crippen molar-refractivity contribution in [3.8, 4) is 0 Å². The third-order valence-corrected chi connectivity index (χ3v) is 5.99. The minimum atomic E-state index is -2.80. The summed E-state index contributed by atoms with van der Waals surface area (Å²) in [5.74, 6) is -3.97. The van der Waals surface area contributed by atoms with Crippen LogP contribution in [0.5, 0.6) is 0 Å². The lowest BCUT2D eigenvalue weighted by atomic mass is 9.84. The SMILES string of the molecule is O=CN(c1cccc(F)c1)[C@]1(C(=O)NC2CC(F)(F)C2)CCc2cccc(Cl)c21. The Labute approximate surface area is 170 Å². The van der Waals surface area contributed by atoms with E-state index in [1.807, 2.05) is 6.07 Å². The maximum absolute atomic E-state index is 13.9. The lowest BCUT2D eigenvalue weighted by Crippen LogP contribution is -2.60. The molecule has 0 aliphatic heterocycles. The molecule has 29 heavy (non-hydrogen) atoms. The summed E-state index contributed by atoms with van der Waals surface area (Å²) in [7, 11) is 0. The molecule has 1 atom stereocenters. The number of fused-ring (bicyclic) bond motifs is 1. The highest BCUT2D eigenvalue weighted by molar-refractivity contribution is 6.32. The molecule has 0 saturated heterocycles. The highest BCUT2D eigenvalue weighted by Crippen LogP contribution is 2.47. The summed E-state index contributed by atoms with van der Waals surface area (Å²) in [6, 6.07) is 9.79. The Morgan fingerprint density at radius 3 is 2.59 bits per heavy atom. The van der Waals surface area contributed by atoms with E-state index in [-0.39, 0.29) is 17.1 Å². The summed E-state index contributed by atoms with van der Waals surface area (Å²) in [6.45, 7) is 0. The van der Waals surface area contributed by atoms with Gasteiger partial charge in [-0.1, -0.05) is 29.8 Å². The predicted octanol–water partition coefficient (Wildman–Crippen LogP) is 4.20. The van der Waals surface area contributed by atoms with E-state index in [1.165, 1.54) is 18.2 Å². The molecule has 0 unspecified atom stereocenters. The number of hydrogen-bond acceptors (Lipinski definition) is 2. The second-order valence-corrected chi connectivity index (χ2v) is 7.93. The van der Waals surface area contributed by atoms with E-state index >= 15 is 0 Å². The number of carbonyl (C=O) groups is 2. The summed E-state index contributed by atoms with van der Waals surface area (Å²) in [4.78, 5) is 26.8. The minimum absolute atomic E-state index is 0.182. The van der Waals surface area contributed by atoms with Crippen molar-refractivity contribution in [1.82, 2.24) is 5.32 Å². The smallest absolute Gasteiger partial charge is 0.252 e. The number of nitrogens with one attached hydrogen (secondary N) is 1. The minimum Gasteiger partial charge on any atom is -0.351 e. The van der Waals surface area contributed by atoms with Crippen LogP contribution in [0.1, 0.15) is 30.4 Å². The fourth-order valence-corrected chi connectivity index (χ4v) is 4.67. The summed E-state index contributed by atoms with van der Waals surface area (Å²) in [5.41, 5.74) is -0.132. The van der Waals surface area contributed by atoms with Gasteiger partial charge in [-0.25, -0.2) is 13.2 Å². The van der Waals surface area contributed by atoms with Crippen LogP contribution >= 0.6 is 11.6 Å². The Morgan fingerprint density at radius 2 is 1.93 bits per heavy atom. The number of rotatable bonds is 5. The van der Waals surface area contributed by atoms with E-state index in [1.54, 1.807) is 12.1 Å². The Kier molecular flexibility index (Phi) is 4.81. The molecule has 152 valence electrons. The van der Waals surface area contributed by atoms with Gasteiger partial charge < -0.3 is 5.32 Å². The van der Waals surface area contributed by atoms with Gasteiger partial charge in [-0.2, -0.15) is 0 Å². The van der Waals surface area contributed by atoms with Crippen LogP contribution in [0.2, 0.25) is 5.02 Å². The molecule has 0 bridgehead atoms. The van der Waals surface area contributed by atoms with Crippen LogP contribution in [0.4, 0.5) is 18.9 Å². The van der Waals surface area contributed by atoms with E-state index < -0.39 is 42.1 Å². The molecule has 1 fully saturated rings. The van der Waals surface area contributed by atoms with E-state index in [2.05, 4.69) is 5.32 Å². The zero-order chi connectivity index (χ0) is 20.8. The van der Waals surface area contributed by atoms with Crippen molar-refractivity contribution in [2.75, 3.05) is 4.90 Å². The molecule has 0 radical (unpaired) electrons. The quantitative estimate of drug-likeness (QED) is 0.734. The van der Waals surface area contributed by atoms with Gasteiger partial charge in [-0.05, 0) is 42.7 Å². The van der Waals surface area contributed by atoms with Gasteiger partial charge in [-0.3, -0.25) is 14.5 Å². The van der Waals surface area contributed by atoms with Gasteiger partial charge in [0.25, 0.3) is 11.8 Å². The van der Waals surface area contributed by atoms with Gasteiger partial charge in [0.1, 0.15) is 5.82 Å². The Morgan fingerprint density at radius 1 is 1.21 bits per heavy atom. The number of benzene rings is 2. The lowest BCUT2D eigenvalue weighted by Gasteiger charge is -2.42. The van der Waals surface area contributed by atoms with Gasteiger partial charge >= 0.3 is 0 Å². The van der Waals surface area contributed by atoms with Crippen molar-refractivity contribution in [1.29, 1.82) is 0 Å². The molecule has 0 aromatic heterocycles. The zero-order valence-corrected chi connectivity index (χ0v) is 16.1. The second-order valence-electron chi connectivity index (χ2n) is 7.52. The van der Waals surface area contributed by atoms with Crippen molar-refractivity contribution < 1.29 is 22.8 Å².